The zero-order valence-corrected chi connectivity index (χ0v) is 8.40. The van der Waals surface area contributed by atoms with E-state index in [-0.39, 0.29) is 15.2 Å². The molecule has 0 spiro atoms. The maximum Gasteiger partial charge on any atom is 0.267 e. The lowest BCUT2D eigenvalue weighted by Crippen LogP contribution is -1.95. The number of nitriles is 1. The van der Waals surface area contributed by atoms with E-state index in [0.717, 1.165) is 6.20 Å². The van der Waals surface area contributed by atoms with Gasteiger partial charge in [0.2, 0.25) is 0 Å². The molecule has 1 heterocycles. The predicted molar refractivity (Wildman–Crippen MR) is 46.6 cm³/mol. The Balaban J connectivity index is 3.46. The van der Waals surface area contributed by atoms with Gasteiger partial charge in [0.1, 0.15) is 10.7 Å². The van der Waals surface area contributed by atoms with Crippen LogP contribution in [0.25, 0.3) is 0 Å². The van der Waals surface area contributed by atoms with Crippen LogP contribution >= 0.6 is 27.5 Å². The molecule has 0 saturated carbocycles. The average Bonchev–Trinajstić information content (AvgIpc) is 2.07. The van der Waals surface area contributed by atoms with Crippen LogP contribution in [0, 0.1) is 11.3 Å². The first kappa shape index (κ1) is 10.4. The fourth-order valence-corrected chi connectivity index (χ4v) is 1.46. The standard InChI is InChI=1S/C7H2BrClF2N2/c8-6-5(7(10)11)3(1-12)4(9)2-13-6/h2,7H. The van der Waals surface area contributed by atoms with Crippen LogP contribution in [-0.4, -0.2) is 4.98 Å². The zero-order valence-electron chi connectivity index (χ0n) is 6.06. The Kier molecular flexibility index (Phi) is 3.17. The quantitative estimate of drug-likeness (QED) is 0.732. The highest BCUT2D eigenvalue weighted by Crippen LogP contribution is 2.32. The molecule has 0 N–H and O–H groups in total. The van der Waals surface area contributed by atoms with Crippen LogP contribution in [-0.2, 0) is 0 Å². The molecular weight excluding hydrogens is 265 g/mol. The van der Waals surface area contributed by atoms with E-state index in [1.165, 1.54) is 0 Å². The molecule has 6 heteroatoms. The number of hydrogen-bond donors (Lipinski definition) is 0. The molecular formula is C7H2BrClF2N2. The van der Waals surface area contributed by atoms with Gasteiger partial charge in [0.15, 0.2) is 0 Å². The predicted octanol–water partition coefficient (Wildman–Crippen LogP) is 3.31. The largest absolute Gasteiger partial charge is 0.267 e. The monoisotopic (exact) mass is 266 g/mol. The lowest BCUT2D eigenvalue weighted by molar-refractivity contribution is 0.149. The summed E-state index contributed by atoms with van der Waals surface area (Å²) >= 11 is 8.33. The number of nitrogens with zero attached hydrogens (tertiary/aromatic N) is 2. The molecule has 0 bridgehead atoms. The van der Waals surface area contributed by atoms with Gasteiger partial charge < -0.3 is 0 Å². The molecule has 0 aliphatic rings. The van der Waals surface area contributed by atoms with Gasteiger partial charge in [0.25, 0.3) is 6.43 Å². The maximum atomic E-state index is 12.4. The molecule has 68 valence electrons. The number of pyridine rings is 1. The van der Waals surface area contributed by atoms with Crippen LogP contribution < -0.4 is 0 Å². The van der Waals surface area contributed by atoms with Crippen LogP contribution in [0.15, 0.2) is 10.8 Å². The Labute approximate surface area is 86.3 Å². The van der Waals surface area contributed by atoms with Gasteiger partial charge in [-0.05, 0) is 15.9 Å². The summed E-state index contributed by atoms with van der Waals surface area (Å²) < 4.78 is 24.7. The summed E-state index contributed by atoms with van der Waals surface area (Å²) in [5.74, 6) is 0. The van der Waals surface area contributed by atoms with E-state index < -0.39 is 12.0 Å². The Bertz CT molecular complexity index is 375. The van der Waals surface area contributed by atoms with Crippen molar-refractivity contribution in [3.8, 4) is 6.07 Å². The van der Waals surface area contributed by atoms with Gasteiger partial charge in [-0.25, -0.2) is 13.8 Å². The smallest absolute Gasteiger partial charge is 0.247 e. The third-order valence-corrected chi connectivity index (χ3v) is 2.27. The van der Waals surface area contributed by atoms with Gasteiger partial charge in [0, 0.05) is 6.20 Å². The van der Waals surface area contributed by atoms with E-state index in [1.54, 1.807) is 6.07 Å². The Morgan fingerprint density at radius 1 is 1.62 bits per heavy atom. The fraction of sp³-hybridized carbons (Fsp3) is 0.143. The second-order valence-corrected chi connectivity index (χ2v) is 3.26. The third kappa shape index (κ3) is 1.95. The van der Waals surface area contributed by atoms with Crippen molar-refractivity contribution in [3.63, 3.8) is 0 Å². The SMILES string of the molecule is N#Cc1c(Cl)cnc(Br)c1C(F)F. The van der Waals surface area contributed by atoms with Crippen molar-refractivity contribution in [2.75, 3.05) is 0 Å². The fourth-order valence-electron chi connectivity index (χ4n) is 0.792. The first-order valence-corrected chi connectivity index (χ1v) is 4.27. The number of alkyl halides is 2. The van der Waals surface area contributed by atoms with Crippen LogP contribution in [0.3, 0.4) is 0 Å². The number of hydrogen-bond acceptors (Lipinski definition) is 2. The molecule has 13 heavy (non-hydrogen) atoms. The highest BCUT2D eigenvalue weighted by atomic mass is 79.9. The van der Waals surface area contributed by atoms with Crippen LogP contribution in [0.5, 0.6) is 0 Å². The Hall–Kier alpha value is -0.730. The highest BCUT2D eigenvalue weighted by molar-refractivity contribution is 9.10. The van der Waals surface area contributed by atoms with E-state index in [9.17, 15) is 8.78 Å². The zero-order chi connectivity index (χ0) is 10.0. The summed E-state index contributed by atoms with van der Waals surface area (Å²) in [5.41, 5.74) is -0.700. The summed E-state index contributed by atoms with van der Waals surface area (Å²) in [4.78, 5) is 3.56. The Morgan fingerprint density at radius 3 is 2.62 bits per heavy atom. The number of rotatable bonds is 1. The van der Waals surface area contributed by atoms with Crippen LogP contribution in [0.1, 0.15) is 17.6 Å². The van der Waals surface area contributed by atoms with Crippen molar-refractivity contribution in [3.05, 3.63) is 26.9 Å². The molecule has 0 amide bonds. The van der Waals surface area contributed by atoms with Crippen molar-refractivity contribution < 1.29 is 8.78 Å². The van der Waals surface area contributed by atoms with Gasteiger partial charge in [-0.15, -0.1) is 0 Å². The molecule has 0 atom stereocenters. The third-order valence-electron chi connectivity index (χ3n) is 1.35. The average molecular weight is 267 g/mol. The number of halogens is 4. The maximum absolute atomic E-state index is 12.4. The summed E-state index contributed by atoms with van der Waals surface area (Å²) in [6.45, 7) is 0. The van der Waals surface area contributed by atoms with Gasteiger partial charge in [-0.2, -0.15) is 5.26 Å². The molecule has 0 radical (unpaired) electrons. The molecule has 0 aromatic carbocycles. The van der Waals surface area contributed by atoms with Crippen molar-refractivity contribution in [1.29, 1.82) is 5.26 Å². The van der Waals surface area contributed by atoms with E-state index in [2.05, 4.69) is 20.9 Å². The van der Waals surface area contributed by atoms with Gasteiger partial charge in [-0.3, -0.25) is 0 Å². The van der Waals surface area contributed by atoms with Crippen molar-refractivity contribution in [2.24, 2.45) is 0 Å². The van der Waals surface area contributed by atoms with Crippen LogP contribution in [0.2, 0.25) is 5.02 Å². The minimum Gasteiger partial charge on any atom is -0.247 e. The lowest BCUT2D eigenvalue weighted by Gasteiger charge is -2.05. The molecule has 1 aromatic rings. The normalized spacial score (nSPS) is 10.2. The molecule has 0 aliphatic heterocycles. The minimum atomic E-state index is -2.77. The lowest BCUT2D eigenvalue weighted by atomic mass is 10.1. The molecule has 1 aromatic heterocycles. The topological polar surface area (TPSA) is 36.7 Å². The van der Waals surface area contributed by atoms with Gasteiger partial charge >= 0.3 is 0 Å². The second-order valence-electron chi connectivity index (χ2n) is 2.10. The molecule has 1 rings (SSSR count). The molecule has 0 saturated heterocycles. The van der Waals surface area contributed by atoms with Gasteiger partial charge in [0.05, 0.1) is 16.1 Å². The van der Waals surface area contributed by atoms with E-state index in [4.69, 9.17) is 16.9 Å². The van der Waals surface area contributed by atoms with Crippen LogP contribution in [0.4, 0.5) is 8.78 Å². The summed E-state index contributed by atoms with van der Waals surface area (Å²) in [6.07, 6.45) is -1.62. The second kappa shape index (κ2) is 3.99. The van der Waals surface area contributed by atoms with Gasteiger partial charge in [-0.1, -0.05) is 11.6 Å². The van der Waals surface area contributed by atoms with Crippen molar-refractivity contribution in [2.45, 2.75) is 6.43 Å². The van der Waals surface area contributed by atoms with Crippen molar-refractivity contribution >= 4 is 27.5 Å². The number of aromatic nitrogens is 1. The first-order valence-electron chi connectivity index (χ1n) is 3.10. The molecule has 0 unspecified atom stereocenters. The molecule has 0 fully saturated rings. The summed E-state index contributed by atoms with van der Waals surface area (Å²) in [6, 6.07) is 1.60. The highest BCUT2D eigenvalue weighted by Gasteiger charge is 2.20. The summed E-state index contributed by atoms with van der Waals surface area (Å²) in [5, 5.41) is 8.49. The molecule has 0 aliphatic carbocycles. The van der Waals surface area contributed by atoms with E-state index >= 15 is 0 Å². The Morgan fingerprint density at radius 2 is 2.23 bits per heavy atom. The first-order chi connectivity index (χ1) is 6.07. The molecule has 2 nitrogen and oxygen atoms in total. The minimum absolute atomic E-state index is 0.0524. The van der Waals surface area contributed by atoms with E-state index in [0.29, 0.717) is 0 Å². The summed E-state index contributed by atoms with van der Waals surface area (Å²) in [7, 11) is 0. The van der Waals surface area contributed by atoms with Crippen molar-refractivity contribution in [1.82, 2.24) is 4.98 Å². The van der Waals surface area contributed by atoms with E-state index in [1.807, 2.05) is 0 Å².